The fourth-order valence-electron chi connectivity index (χ4n) is 2.75. The minimum atomic E-state index is -0.577. The lowest BCUT2D eigenvalue weighted by molar-refractivity contribution is -0.862. The number of nitrogen functional groups attached to an aromatic ring is 1. The van der Waals surface area contributed by atoms with Crippen LogP contribution >= 0.6 is 0 Å². The van der Waals surface area contributed by atoms with Gasteiger partial charge < -0.3 is 10.5 Å². The second-order valence-electron chi connectivity index (χ2n) is 6.64. The molecule has 1 aromatic heterocycles. The molecule has 1 aliphatic rings. The molecule has 1 fully saturated rings. The maximum absolute atomic E-state index is 13.0. The average Bonchev–Trinajstić information content (AvgIpc) is 2.93. The van der Waals surface area contributed by atoms with Crippen LogP contribution in [0.5, 0.6) is 0 Å². The number of hydrogen-bond acceptors (Lipinski definition) is 6. The minimum Gasteiger partial charge on any atom is -0.450 e. The number of rotatable bonds is 2. The fraction of sp³-hybridized carbons (Fsp3) is 0.714. The number of quaternary nitrogens is 1. The van der Waals surface area contributed by atoms with Crippen LogP contribution in [0.1, 0.15) is 27.7 Å². The van der Waals surface area contributed by atoms with Crippen molar-refractivity contribution in [3.63, 3.8) is 0 Å². The van der Waals surface area contributed by atoms with Gasteiger partial charge in [-0.3, -0.25) is 9.42 Å². The zero-order chi connectivity index (χ0) is 17.3. The first-order valence-electron chi connectivity index (χ1n) is 7.69. The summed E-state index contributed by atoms with van der Waals surface area (Å²) in [5.41, 5.74) is 5.04. The first-order valence-corrected chi connectivity index (χ1v) is 7.69. The van der Waals surface area contributed by atoms with E-state index in [1.165, 1.54) is 11.0 Å². The van der Waals surface area contributed by atoms with Gasteiger partial charge in [-0.15, -0.1) is 0 Å². The molecule has 1 aromatic rings. The maximum atomic E-state index is 13.0. The lowest BCUT2D eigenvalue weighted by atomic mass is 9.93. The molecule has 0 aliphatic carbocycles. The van der Waals surface area contributed by atoms with E-state index >= 15 is 0 Å². The first kappa shape index (κ1) is 17.2. The number of anilines is 1. The fourth-order valence-corrected chi connectivity index (χ4v) is 2.75. The summed E-state index contributed by atoms with van der Waals surface area (Å²) in [5, 5.41) is 3.89. The van der Waals surface area contributed by atoms with E-state index in [9.17, 15) is 9.59 Å². The van der Waals surface area contributed by atoms with Crippen LogP contribution in [0.25, 0.3) is 0 Å². The SMILES string of the molecule is CCOC(=O)N1CC[N+](C(=O)C(C)(C)C)([n+]2cc(N)on2)CC1. The summed E-state index contributed by atoms with van der Waals surface area (Å²) in [6, 6.07) is 0. The summed E-state index contributed by atoms with van der Waals surface area (Å²) in [4.78, 5) is 28.0. The van der Waals surface area contributed by atoms with Gasteiger partial charge in [0.05, 0.1) is 25.1 Å². The number of piperazine rings is 1. The van der Waals surface area contributed by atoms with Gasteiger partial charge in [0.2, 0.25) is 0 Å². The van der Waals surface area contributed by atoms with Crippen LogP contribution in [0, 0.1) is 5.41 Å². The smallest absolute Gasteiger partial charge is 0.410 e. The van der Waals surface area contributed by atoms with Gasteiger partial charge in [0.1, 0.15) is 4.79 Å². The van der Waals surface area contributed by atoms with Gasteiger partial charge in [-0.05, 0) is 32.3 Å². The third-order valence-electron chi connectivity index (χ3n) is 3.89. The van der Waals surface area contributed by atoms with Crippen molar-refractivity contribution >= 4 is 17.9 Å². The summed E-state index contributed by atoms with van der Waals surface area (Å²) >= 11 is 0. The van der Waals surface area contributed by atoms with Gasteiger partial charge in [0, 0.05) is 0 Å². The van der Waals surface area contributed by atoms with Gasteiger partial charge in [-0.1, -0.05) is 0 Å². The number of ether oxygens (including phenoxy) is 1. The highest BCUT2D eigenvalue weighted by Gasteiger charge is 2.56. The second kappa shape index (κ2) is 6.15. The van der Waals surface area contributed by atoms with E-state index < -0.39 is 5.41 Å². The molecule has 0 bridgehead atoms. The van der Waals surface area contributed by atoms with Gasteiger partial charge >= 0.3 is 24.1 Å². The number of nitrogens with zero attached hydrogens (tertiary/aromatic N) is 4. The molecular weight excluding hydrogens is 302 g/mol. The highest BCUT2D eigenvalue weighted by molar-refractivity contribution is 5.85. The van der Waals surface area contributed by atoms with Gasteiger partial charge in [0.25, 0.3) is 5.27 Å². The molecule has 0 radical (unpaired) electrons. The zero-order valence-electron chi connectivity index (χ0n) is 14.1. The Morgan fingerprint density at radius 2 is 2.04 bits per heavy atom. The third kappa shape index (κ3) is 3.29. The minimum absolute atomic E-state index is 0.0145. The molecule has 2 amide bonds. The number of carbonyl (C=O) groups is 2. The van der Waals surface area contributed by atoms with Crippen molar-refractivity contribution in [3.8, 4) is 0 Å². The molecule has 1 aliphatic heterocycles. The molecule has 9 heteroatoms. The highest BCUT2D eigenvalue weighted by atomic mass is 16.6. The van der Waals surface area contributed by atoms with Gasteiger partial charge in [-0.2, -0.15) is 0 Å². The van der Waals surface area contributed by atoms with E-state index in [1.54, 1.807) is 11.8 Å². The molecule has 23 heavy (non-hydrogen) atoms. The average molecular weight is 327 g/mol. The standard InChI is InChI=1S/C14H25N5O4/c1-5-22-13(21)17-6-8-19(9-7-17,12(20)14(2,3)4)18-10-11(15)23-16-18/h10H,5-9,15H2,1-4H3/q+2. The molecule has 0 unspecified atom stereocenters. The van der Waals surface area contributed by atoms with Crippen molar-refractivity contribution in [2.75, 3.05) is 38.5 Å². The van der Waals surface area contributed by atoms with Crippen molar-refractivity contribution in [2.45, 2.75) is 27.7 Å². The Balaban J connectivity index is 2.28. The van der Waals surface area contributed by atoms with Crippen molar-refractivity contribution in [3.05, 3.63) is 6.20 Å². The molecule has 1 saturated heterocycles. The molecular formula is C14H25N5O4+2. The van der Waals surface area contributed by atoms with Crippen LogP contribution in [0.2, 0.25) is 0 Å². The van der Waals surface area contributed by atoms with Crippen LogP contribution in [0.4, 0.5) is 10.7 Å². The Hall–Kier alpha value is -2.16. The molecule has 9 nitrogen and oxygen atoms in total. The summed E-state index contributed by atoms with van der Waals surface area (Å²) in [5.74, 6) is 0.122. The van der Waals surface area contributed by atoms with Crippen molar-refractivity contribution < 1.29 is 23.6 Å². The lowest BCUT2D eigenvalue weighted by Gasteiger charge is -2.36. The summed E-state index contributed by atoms with van der Waals surface area (Å²) < 4.78 is 9.90. The van der Waals surface area contributed by atoms with Crippen molar-refractivity contribution in [1.29, 1.82) is 0 Å². The van der Waals surface area contributed by atoms with Gasteiger partial charge in [-0.25, -0.2) is 9.59 Å². The zero-order valence-corrected chi connectivity index (χ0v) is 14.1. The molecule has 0 saturated carbocycles. The van der Waals surface area contributed by atoms with E-state index in [4.69, 9.17) is 15.0 Å². The maximum Gasteiger partial charge on any atom is 0.410 e. The quantitative estimate of drug-likeness (QED) is 0.607. The van der Waals surface area contributed by atoms with E-state index in [1.807, 2.05) is 20.8 Å². The van der Waals surface area contributed by atoms with E-state index in [0.29, 0.717) is 32.8 Å². The molecule has 2 heterocycles. The molecule has 0 spiro atoms. The van der Waals surface area contributed by atoms with Crippen LogP contribution in [0.15, 0.2) is 10.7 Å². The van der Waals surface area contributed by atoms with Crippen LogP contribution in [0.3, 0.4) is 0 Å². The topological polar surface area (TPSA) is 103 Å². The normalized spacial score (nSPS) is 17.8. The number of hydrogen-bond donors (Lipinski definition) is 1. The van der Waals surface area contributed by atoms with Crippen molar-refractivity contribution in [2.24, 2.45) is 5.41 Å². The molecule has 0 atom stereocenters. The largest absolute Gasteiger partial charge is 0.450 e. The molecule has 128 valence electrons. The highest BCUT2D eigenvalue weighted by Crippen LogP contribution is 2.22. The number of nitrogens with two attached hydrogens (primary N) is 1. The Morgan fingerprint density at radius 3 is 2.48 bits per heavy atom. The summed E-state index contributed by atoms with van der Waals surface area (Å²) in [7, 11) is 0. The molecule has 0 aromatic carbocycles. The van der Waals surface area contributed by atoms with Crippen molar-refractivity contribution in [1.82, 2.24) is 14.8 Å². The van der Waals surface area contributed by atoms with Gasteiger partial charge in [0.15, 0.2) is 13.1 Å². The Morgan fingerprint density at radius 1 is 1.43 bits per heavy atom. The van der Waals surface area contributed by atoms with Crippen LogP contribution in [-0.4, -0.2) is 55.0 Å². The molecule has 2 N–H and O–H groups in total. The number of carbonyl (C=O) groups excluding carboxylic acids is 2. The third-order valence-corrected chi connectivity index (χ3v) is 3.89. The lowest BCUT2D eigenvalue weighted by Crippen LogP contribution is -2.84. The number of aromatic nitrogens is 2. The first-order chi connectivity index (χ1) is 10.7. The van der Waals surface area contributed by atoms with Crippen LogP contribution < -0.4 is 15.1 Å². The summed E-state index contributed by atoms with van der Waals surface area (Å²) in [6.07, 6.45) is 1.14. The predicted octanol–water partition coefficient (Wildman–Crippen LogP) is 0.0280. The predicted molar refractivity (Wildman–Crippen MR) is 81.4 cm³/mol. The molecule has 2 rings (SSSR count). The Labute approximate surface area is 135 Å². The van der Waals surface area contributed by atoms with E-state index in [2.05, 4.69) is 5.27 Å². The monoisotopic (exact) mass is 327 g/mol. The van der Waals surface area contributed by atoms with Crippen LogP contribution in [-0.2, 0) is 9.53 Å². The summed E-state index contributed by atoms with van der Waals surface area (Å²) in [6.45, 7) is 9.20. The second-order valence-corrected chi connectivity index (χ2v) is 6.64. The van der Waals surface area contributed by atoms with E-state index in [0.717, 1.165) is 0 Å². The number of amides is 2. The Kier molecular flexibility index (Phi) is 4.60. The Bertz CT molecular complexity index is 584. The van der Waals surface area contributed by atoms with E-state index in [-0.39, 0.29) is 22.5 Å².